The quantitative estimate of drug-likeness (QED) is 0.583. The first-order valence-corrected chi connectivity index (χ1v) is 10.1. The van der Waals surface area contributed by atoms with Gasteiger partial charge < -0.3 is 15.2 Å². The van der Waals surface area contributed by atoms with Crippen LogP contribution in [0.15, 0.2) is 30.3 Å². The first-order chi connectivity index (χ1) is 13.2. The van der Waals surface area contributed by atoms with Crippen LogP contribution in [0.3, 0.4) is 0 Å². The normalized spacial score (nSPS) is 11.1. The van der Waals surface area contributed by atoms with Crippen LogP contribution < -0.4 is 10.1 Å². The topological polar surface area (TPSA) is 58.6 Å². The SMILES string of the molecule is CC(C)CNC(=O)COc1cc(Cl)c(Cc2ccc(O)c(C(C)C)c2)c(Cl)c1. The summed E-state index contributed by atoms with van der Waals surface area (Å²) in [6.07, 6.45) is 0.535. The molecule has 0 saturated carbocycles. The third-order valence-corrected chi connectivity index (χ3v) is 4.96. The molecule has 0 aliphatic rings. The van der Waals surface area contributed by atoms with Gasteiger partial charge in [-0.2, -0.15) is 0 Å². The molecule has 2 aromatic carbocycles. The van der Waals surface area contributed by atoms with E-state index in [1.807, 2.05) is 39.8 Å². The van der Waals surface area contributed by atoms with Crippen molar-refractivity contribution in [2.75, 3.05) is 13.2 Å². The number of hydrogen-bond acceptors (Lipinski definition) is 3. The van der Waals surface area contributed by atoms with Gasteiger partial charge in [0.15, 0.2) is 6.61 Å². The van der Waals surface area contributed by atoms with Crippen LogP contribution in [-0.2, 0) is 11.2 Å². The number of amides is 1. The minimum atomic E-state index is -0.185. The largest absolute Gasteiger partial charge is 0.508 e. The Bertz CT molecular complexity index is 812. The molecule has 4 nitrogen and oxygen atoms in total. The second kappa shape index (κ2) is 10.0. The molecule has 0 radical (unpaired) electrons. The van der Waals surface area contributed by atoms with Gasteiger partial charge in [-0.05, 0) is 46.7 Å². The summed E-state index contributed by atoms with van der Waals surface area (Å²) in [7, 11) is 0. The first-order valence-electron chi connectivity index (χ1n) is 9.36. The summed E-state index contributed by atoms with van der Waals surface area (Å²) in [4.78, 5) is 11.8. The maximum absolute atomic E-state index is 11.8. The van der Waals surface area contributed by atoms with E-state index in [9.17, 15) is 9.90 Å². The lowest BCUT2D eigenvalue weighted by Crippen LogP contribution is -2.31. The first kappa shape index (κ1) is 22.4. The molecule has 2 aromatic rings. The Labute approximate surface area is 176 Å². The smallest absolute Gasteiger partial charge is 0.257 e. The van der Waals surface area contributed by atoms with Crippen LogP contribution in [0.2, 0.25) is 10.0 Å². The number of rotatable bonds is 8. The Morgan fingerprint density at radius 2 is 1.75 bits per heavy atom. The lowest BCUT2D eigenvalue weighted by molar-refractivity contribution is -0.123. The molecule has 0 bridgehead atoms. The van der Waals surface area contributed by atoms with E-state index in [0.29, 0.717) is 34.7 Å². The molecular weight excluding hydrogens is 397 g/mol. The van der Waals surface area contributed by atoms with Crippen molar-refractivity contribution < 1.29 is 14.6 Å². The molecule has 6 heteroatoms. The Morgan fingerprint density at radius 1 is 1.11 bits per heavy atom. The van der Waals surface area contributed by atoms with Crippen LogP contribution in [0.5, 0.6) is 11.5 Å². The molecule has 0 aromatic heterocycles. The zero-order chi connectivity index (χ0) is 20.8. The van der Waals surface area contributed by atoms with Gasteiger partial charge in [-0.15, -0.1) is 0 Å². The van der Waals surface area contributed by atoms with Crippen LogP contribution in [0.1, 0.15) is 50.3 Å². The van der Waals surface area contributed by atoms with Crippen molar-refractivity contribution >= 4 is 29.1 Å². The minimum absolute atomic E-state index is 0.0889. The number of benzene rings is 2. The molecule has 0 saturated heterocycles. The molecule has 0 fully saturated rings. The number of carbonyl (C=O) groups excluding carboxylic acids is 1. The Kier molecular flexibility index (Phi) is 8.02. The van der Waals surface area contributed by atoms with Crippen molar-refractivity contribution in [3.8, 4) is 11.5 Å². The van der Waals surface area contributed by atoms with Crippen LogP contribution in [-0.4, -0.2) is 24.2 Å². The van der Waals surface area contributed by atoms with Crippen LogP contribution in [0.25, 0.3) is 0 Å². The number of carbonyl (C=O) groups is 1. The highest BCUT2D eigenvalue weighted by molar-refractivity contribution is 6.36. The number of hydrogen-bond donors (Lipinski definition) is 2. The number of aromatic hydroxyl groups is 1. The van der Waals surface area contributed by atoms with Crippen molar-refractivity contribution in [1.82, 2.24) is 5.32 Å². The molecule has 2 rings (SSSR count). The molecule has 0 aliphatic heterocycles. The van der Waals surface area contributed by atoms with E-state index in [4.69, 9.17) is 27.9 Å². The monoisotopic (exact) mass is 423 g/mol. The number of phenolic OH excluding ortho intramolecular Hbond substituents is 1. The summed E-state index contributed by atoms with van der Waals surface area (Å²) in [6, 6.07) is 8.86. The molecule has 0 heterocycles. The third-order valence-electron chi connectivity index (χ3n) is 4.29. The molecule has 28 heavy (non-hydrogen) atoms. The number of ether oxygens (including phenoxy) is 1. The van der Waals surface area contributed by atoms with E-state index in [2.05, 4.69) is 5.32 Å². The van der Waals surface area contributed by atoms with Crippen molar-refractivity contribution in [2.24, 2.45) is 5.92 Å². The van der Waals surface area contributed by atoms with Crippen LogP contribution in [0.4, 0.5) is 0 Å². The molecule has 1 amide bonds. The zero-order valence-electron chi connectivity index (χ0n) is 16.7. The number of halogens is 2. The highest BCUT2D eigenvalue weighted by Crippen LogP contribution is 2.33. The van der Waals surface area contributed by atoms with Gasteiger partial charge in [0.2, 0.25) is 0 Å². The molecular formula is C22H27Cl2NO3. The molecule has 0 unspecified atom stereocenters. The second-order valence-electron chi connectivity index (χ2n) is 7.58. The van der Waals surface area contributed by atoms with Gasteiger partial charge in [-0.25, -0.2) is 0 Å². The van der Waals surface area contributed by atoms with Crippen molar-refractivity contribution in [1.29, 1.82) is 0 Å². The summed E-state index contributed by atoms with van der Waals surface area (Å²) < 4.78 is 5.52. The zero-order valence-corrected chi connectivity index (χ0v) is 18.2. The van der Waals surface area contributed by atoms with E-state index in [0.717, 1.165) is 16.7 Å². The molecule has 0 aliphatic carbocycles. The summed E-state index contributed by atoms with van der Waals surface area (Å²) >= 11 is 12.8. The van der Waals surface area contributed by atoms with Gasteiger partial charge in [-0.1, -0.05) is 63.0 Å². The van der Waals surface area contributed by atoms with Crippen molar-refractivity contribution in [3.05, 3.63) is 57.1 Å². The lowest BCUT2D eigenvalue weighted by Gasteiger charge is -2.14. The second-order valence-corrected chi connectivity index (χ2v) is 8.39. The summed E-state index contributed by atoms with van der Waals surface area (Å²) in [5.41, 5.74) is 2.67. The highest BCUT2D eigenvalue weighted by Gasteiger charge is 2.13. The van der Waals surface area contributed by atoms with E-state index < -0.39 is 0 Å². The fourth-order valence-corrected chi connectivity index (χ4v) is 3.33. The summed E-state index contributed by atoms with van der Waals surface area (Å²) in [6.45, 7) is 8.63. The average Bonchev–Trinajstić information content (AvgIpc) is 2.62. The Morgan fingerprint density at radius 3 is 2.32 bits per heavy atom. The summed E-state index contributed by atoms with van der Waals surface area (Å²) in [5.74, 6) is 1.14. The standard InChI is InChI=1S/C22H27Cl2NO3/c1-13(2)11-25-22(27)12-28-16-9-19(23)18(20(24)10-16)8-15-5-6-21(26)17(7-15)14(3)4/h5-7,9-10,13-14,26H,8,11-12H2,1-4H3,(H,25,27). The Balaban J connectivity index is 2.10. The highest BCUT2D eigenvalue weighted by atomic mass is 35.5. The molecule has 0 atom stereocenters. The van der Waals surface area contributed by atoms with Crippen LogP contribution in [0, 0.1) is 5.92 Å². The summed E-state index contributed by atoms with van der Waals surface area (Å²) in [5, 5.41) is 13.7. The average molecular weight is 424 g/mol. The number of phenols is 1. The maximum Gasteiger partial charge on any atom is 0.257 e. The minimum Gasteiger partial charge on any atom is -0.508 e. The van der Waals surface area contributed by atoms with Gasteiger partial charge in [-0.3, -0.25) is 4.79 Å². The number of nitrogens with one attached hydrogen (secondary N) is 1. The Hall–Kier alpha value is -1.91. The molecule has 152 valence electrons. The fraction of sp³-hybridized carbons (Fsp3) is 0.409. The predicted octanol–water partition coefficient (Wildman–Crippen LogP) is 5.56. The van der Waals surface area contributed by atoms with Crippen molar-refractivity contribution in [3.63, 3.8) is 0 Å². The third kappa shape index (κ3) is 6.32. The lowest BCUT2D eigenvalue weighted by atomic mass is 9.96. The van der Waals surface area contributed by atoms with Crippen LogP contribution >= 0.6 is 23.2 Å². The van der Waals surface area contributed by atoms with E-state index in [1.54, 1.807) is 18.2 Å². The van der Waals surface area contributed by atoms with Gasteiger partial charge in [0.25, 0.3) is 5.91 Å². The van der Waals surface area contributed by atoms with E-state index in [1.165, 1.54) is 0 Å². The van der Waals surface area contributed by atoms with Gasteiger partial charge >= 0.3 is 0 Å². The fourth-order valence-electron chi connectivity index (χ4n) is 2.73. The maximum atomic E-state index is 11.8. The van der Waals surface area contributed by atoms with E-state index in [-0.39, 0.29) is 24.2 Å². The van der Waals surface area contributed by atoms with E-state index >= 15 is 0 Å². The van der Waals surface area contributed by atoms with Crippen molar-refractivity contribution in [2.45, 2.75) is 40.0 Å². The molecule has 2 N–H and O–H groups in total. The van der Waals surface area contributed by atoms with Gasteiger partial charge in [0.05, 0.1) is 0 Å². The van der Waals surface area contributed by atoms with Gasteiger partial charge in [0, 0.05) is 23.0 Å². The molecule has 0 spiro atoms. The predicted molar refractivity (Wildman–Crippen MR) is 115 cm³/mol. The van der Waals surface area contributed by atoms with Gasteiger partial charge in [0.1, 0.15) is 11.5 Å².